The molecule has 1 aliphatic rings. The molecule has 4 aromatic rings. The molecule has 5 rings (SSSR count). The zero-order chi connectivity index (χ0) is 26.1. The van der Waals surface area contributed by atoms with Crippen LogP contribution in [0.3, 0.4) is 0 Å². The van der Waals surface area contributed by atoms with Gasteiger partial charge in [-0.15, -0.1) is 0 Å². The third kappa shape index (κ3) is 5.30. The fourth-order valence-electron chi connectivity index (χ4n) is 4.87. The van der Waals surface area contributed by atoms with E-state index in [0.29, 0.717) is 22.7 Å². The Morgan fingerprint density at radius 2 is 1.70 bits per heavy atom. The molecule has 0 bridgehead atoms. The summed E-state index contributed by atoms with van der Waals surface area (Å²) in [4.78, 5) is 21.9. The zero-order valence-electron chi connectivity index (χ0n) is 21.6. The van der Waals surface area contributed by atoms with Crippen LogP contribution in [0.15, 0.2) is 36.7 Å². The summed E-state index contributed by atoms with van der Waals surface area (Å²) >= 11 is 0. The maximum absolute atomic E-state index is 14.9. The van der Waals surface area contributed by atoms with Crippen LogP contribution in [0.25, 0.3) is 27.6 Å². The number of fused-ring (bicyclic) bond motifs is 1. The number of pyridine rings is 1. The average molecular weight is 506 g/mol. The maximum Gasteiger partial charge on any atom is 0.151 e. The molecule has 0 radical (unpaired) electrons. The lowest BCUT2D eigenvalue weighted by molar-refractivity contribution is 0.132. The molecule has 0 atom stereocenters. The quantitative estimate of drug-likeness (QED) is 0.329. The largest absolute Gasteiger partial charge is 0.335 e. The second-order valence-electron chi connectivity index (χ2n) is 9.66. The van der Waals surface area contributed by atoms with Gasteiger partial charge in [0.15, 0.2) is 5.82 Å². The first-order chi connectivity index (χ1) is 17.8. The Morgan fingerprint density at radius 1 is 0.946 bits per heavy atom. The van der Waals surface area contributed by atoms with E-state index in [1.165, 1.54) is 6.07 Å². The van der Waals surface area contributed by atoms with Gasteiger partial charge in [-0.3, -0.25) is 4.90 Å². The number of hydrogen-bond donors (Lipinski definition) is 0. The minimum absolute atomic E-state index is 0.0217. The van der Waals surface area contributed by atoms with Crippen molar-refractivity contribution in [3.8, 4) is 11.3 Å². The molecule has 0 N–H and O–H groups in total. The highest BCUT2D eigenvalue weighted by atomic mass is 19.1. The number of hydrogen-bond acceptors (Lipinski definition) is 6. The van der Waals surface area contributed by atoms with Crippen LogP contribution in [0.2, 0.25) is 0 Å². The van der Waals surface area contributed by atoms with E-state index in [0.717, 1.165) is 51.0 Å². The molecule has 0 aliphatic carbocycles. The topological polar surface area (TPSA) is 77.1 Å². The third-order valence-electron chi connectivity index (χ3n) is 6.79. The van der Waals surface area contributed by atoms with Crippen molar-refractivity contribution in [3.05, 3.63) is 65.0 Å². The van der Waals surface area contributed by atoms with Gasteiger partial charge in [0.25, 0.3) is 0 Å². The molecular weight excluding hydrogens is 474 g/mol. The number of benzene rings is 1. The SMILES string of the molecule is CCN1CCN(Cc2ccc([N-]c3ncc(F)c(-c4cc(F)c5nc(C)n(C(C)C)c5c4)n3)nc2)CC1. The minimum atomic E-state index is -0.656. The smallest absolute Gasteiger partial charge is 0.151 e. The van der Waals surface area contributed by atoms with Crippen LogP contribution in [0.4, 0.5) is 20.5 Å². The van der Waals surface area contributed by atoms with Gasteiger partial charge >= 0.3 is 0 Å². The van der Waals surface area contributed by atoms with Crippen molar-refractivity contribution in [1.29, 1.82) is 0 Å². The van der Waals surface area contributed by atoms with Crippen LogP contribution in [0.1, 0.15) is 38.2 Å². The van der Waals surface area contributed by atoms with Crippen molar-refractivity contribution in [2.75, 3.05) is 32.7 Å². The van der Waals surface area contributed by atoms with Gasteiger partial charge in [-0.05, 0) is 62.8 Å². The second kappa shape index (κ2) is 10.5. The lowest BCUT2D eigenvalue weighted by Crippen LogP contribution is -2.45. The molecule has 1 aliphatic heterocycles. The highest BCUT2D eigenvalue weighted by Crippen LogP contribution is 2.32. The van der Waals surface area contributed by atoms with Crippen LogP contribution >= 0.6 is 0 Å². The molecule has 37 heavy (non-hydrogen) atoms. The molecule has 8 nitrogen and oxygen atoms in total. The van der Waals surface area contributed by atoms with E-state index >= 15 is 0 Å². The molecule has 0 spiro atoms. The summed E-state index contributed by atoms with van der Waals surface area (Å²) in [5.74, 6) is -0.0114. The van der Waals surface area contributed by atoms with Crippen LogP contribution in [-0.4, -0.2) is 67.0 Å². The van der Waals surface area contributed by atoms with Crippen molar-refractivity contribution in [3.63, 3.8) is 0 Å². The standard InChI is InChI=1S/C27H31F2N8/c1-5-35-8-10-36(11-9-35)16-19-6-7-24(30-14-19)33-27-31-15-22(29)25(34-27)20-12-21(28)26-23(13-20)37(17(2)3)18(4)32-26/h6-7,12-15,17H,5,8-11,16H2,1-4H3/q-1. The van der Waals surface area contributed by atoms with Gasteiger partial charge in [0.1, 0.15) is 17.2 Å². The van der Waals surface area contributed by atoms with Crippen LogP contribution in [0, 0.1) is 18.6 Å². The van der Waals surface area contributed by atoms with E-state index in [2.05, 4.69) is 42.0 Å². The van der Waals surface area contributed by atoms with Crippen LogP contribution in [0.5, 0.6) is 0 Å². The van der Waals surface area contributed by atoms with Crippen molar-refractivity contribution in [2.24, 2.45) is 0 Å². The van der Waals surface area contributed by atoms with Crippen LogP contribution in [-0.2, 0) is 6.54 Å². The number of likely N-dealkylation sites (N-methyl/N-ethyl adjacent to an activating group) is 1. The number of imidazole rings is 1. The first-order valence-electron chi connectivity index (χ1n) is 12.6. The Labute approximate surface area is 215 Å². The normalized spacial score (nSPS) is 15.1. The molecule has 1 fully saturated rings. The molecule has 1 aromatic carbocycles. The number of aryl methyl sites for hydroxylation is 1. The van der Waals surface area contributed by atoms with Crippen molar-refractivity contribution in [1.82, 2.24) is 34.3 Å². The molecular formula is C27H31F2N8-. The van der Waals surface area contributed by atoms with E-state index in [1.807, 2.05) is 31.4 Å². The third-order valence-corrected chi connectivity index (χ3v) is 6.79. The number of aromatic nitrogens is 5. The van der Waals surface area contributed by atoms with Gasteiger partial charge in [-0.2, -0.15) is 0 Å². The molecule has 0 amide bonds. The van der Waals surface area contributed by atoms with Crippen LogP contribution < -0.4 is 0 Å². The highest BCUT2D eigenvalue weighted by Gasteiger charge is 2.18. The molecule has 0 unspecified atom stereocenters. The number of halogens is 2. The Hall–Kier alpha value is -3.50. The van der Waals surface area contributed by atoms with Crippen molar-refractivity contribution >= 4 is 22.8 Å². The Balaban J connectivity index is 1.35. The fourth-order valence-corrected chi connectivity index (χ4v) is 4.87. The lowest BCUT2D eigenvalue weighted by atomic mass is 10.1. The molecule has 194 valence electrons. The number of rotatable bonds is 7. The molecule has 1 saturated heterocycles. The molecule has 3 aromatic heterocycles. The van der Waals surface area contributed by atoms with Gasteiger partial charge < -0.3 is 29.7 Å². The number of nitrogens with zero attached hydrogens (tertiary/aromatic N) is 8. The maximum atomic E-state index is 14.9. The van der Waals surface area contributed by atoms with Gasteiger partial charge in [0, 0.05) is 50.8 Å². The summed E-state index contributed by atoms with van der Waals surface area (Å²) in [6.45, 7) is 14.2. The summed E-state index contributed by atoms with van der Waals surface area (Å²) in [7, 11) is 0. The molecule has 10 heteroatoms. The monoisotopic (exact) mass is 505 g/mol. The van der Waals surface area contributed by atoms with Gasteiger partial charge in [0.05, 0.1) is 17.2 Å². The predicted octanol–water partition coefficient (Wildman–Crippen LogP) is 5.53. The summed E-state index contributed by atoms with van der Waals surface area (Å²) in [5.41, 5.74) is 2.23. The summed E-state index contributed by atoms with van der Waals surface area (Å²) in [5, 5.41) is 4.38. The Bertz CT molecular complexity index is 1390. The van der Waals surface area contributed by atoms with Crippen molar-refractivity contribution in [2.45, 2.75) is 40.3 Å². The first kappa shape index (κ1) is 25.2. The molecule has 0 saturated carbocycles. The van der Waals surface area contributed by atoms with E-state index < -0.39 is 11.6 Å². The summed E-state index contributed by atoms with van der Waals surface area (Å²) < 4.78 is 31.6. The highest BCUT2D eigenvalue weighted by molar-refractivity contribution is 5.83. The molecule has 4 heterocycles. The Kier molecular flexibility index (Phi) is 7.12. The van der Waals surface area contributed by atoms with E-state index in [1.54, 1.807) is 18.3 Å². The van der Waals surface area contributed by atoms with E-state index in [4.69, 9.17) is 0 Å². The van der Waals surface area contributed by atoms with Gasteiger partial charge in [-0.1, -0.05) is 13.0 Å². The lowest BCUT2D eigenvalue weighted by Gasteiger charge is -2.34. The zero-order valence-corrected chi connectivity index (χ0v) is 21.6. The Morgan fingerprint density at radius 3 is 2.38 bits per heavy atom. The predicted molar refractivity (Wildman–Crippen MR) is 140 cm³/mol. The van der Waals surface area contributed by atoms with Gasteiger partial charge in [-0.25, -0.2) is 13.8 Å². The number of piperazine rings is 1. The minimum Gasteiger partial charge on any atom is -0.335 e. The first-order valence-corrected chi connectivity index (χ1v) is 12.6. The van der Waals surface area contributed by atoms with E-state index in [9.17, 15) is 8.78 Å². The average Bonchev–Trinajstić information content (AvgIpc) is 3.23. The van der Waals surface area contributed by atoms with E-state index in [-0.39, 0.29) is 23.2 Å². The fraction of sp³-hybridized carbons (Fsp3) is 0.407. The second-order valence-corrected chi connectivity index (χ2v) is 9.66. The summed E-state index contributed by atoms with van der Waals surface area (Å²) in [6.07, 6.45) is 2.85. The summed E-state index contributed by atoms with van der Waals surface area (Å²) in [6, 6.07) is 6.82. The van der Waals surface area contributed by atoms with Gasteiger partial charge in [0.2, 0.25) is 0 Å². The van der Waals surface area contributed by atoms with Crippen molar-refractivity contribution < 1.29 is 8.78 Å².